The zero-order chi connectivity index (χ0) is 8.36. The Kier molecular flexibility index (Phi) is 2.80. The Hall–Kier alpha value is -0.610. The molecule has 0 spiro atoms. The number of rotatable bonds is 1. The van der Waals surface area contributed by atoms with Crippen molar-refractivity contribution in [2.45, 2.75) is 19.5 Å². The maximum Gasteiger partial charge on any atom is 0.445 e. The first-order valence-electron chi connectivity index (χ1n) is 2.51. The van der Waals surface area contributed by atoms with Gasteiger partial charge in [0.2, 0.25) is 5.83 Å². The first-order valence-corrected chi connectivity index (χ1v) is 2.51. The highest BCUT2D eigenvalue weighted by molar-refractivity contribution is 5.04. The summed E-state index contributed by atoms with van der Waals surface area (Å²) in [4.78, 5) is 0. The average Bonchev–Trinajstić information content (AvgIpc) is 1.83. The van der Waals surface area contributed by atoms with Crippen LogP contribution in [-0.2, 0) is 0 Å². The molecule has 0 unspecified atom stereocenters. The fourth-order valence-electron chi connectivity index (χ4n) is 0.309. The molecule has 0 saturated carbocycles. The van der Waals surface area contributed by atoms with Crippen molar-refractivity contribution in [3.63, 3.8) is 0 Å². The van der Waals surface area contributed by atoms with Crippen LogP contribution >= 0.6 is 0 Å². The van der Waals surface area contributed by atoms with Crippen molar-refractivity contribution >= 4 is 0 Å². The standard InChI is InChI=1S/C5H5F5/c1-2-3(6)4(7)5(8,9)10/h2H2,1H3/b4-3+. The molecule has 0 saturated heterocycles. The molecule has 0 aliphatic heterocycles. The lowest BCUT2D eigenvalue weighted by Crippen LogP contribution is -2.09. The molecule has 0 nitrogen and oxygen atoms in total. The van der Waals surface area contributed by atoms with Gasteiger partial charge in [0.1, 0.15) is 5.83 Å². The quantitative estimate of drug-likeness (QED) is 0.517. The summed E-state index contributed by atoms with van der Waals surface area (Å²) in [5.74, 6) is -4.39. The molecule has 0 aromatic rings. The summed E-state index contributed by atoms with van der Waals surface area (Å²) in [7, 11) is 0. The number of hydrogen-bond acceptors (Lipinski definition) is 0. The van der Waals surface area contributed by atoms with Crippen molar-refractivity contribution in [1.29, 1.82) is 0 Å². The highest BCUT2D eigenvalue weighted by Crippen LogP contribution is 2.30. The Bertz CT molecular complexity index is 143. The van der Waals surface area contributed by atoms with E-state index in [-0.39, 0.29) is 0 Å². The van der Waals surface area contributed by atoms with Gasteiger partial charge in [-0.05, 0) is 6.42 Å². The molecule has 0 aliphatic carbocycles. The van der Waals surface area contributed by atoms with Crippen molar-refractivity contribution in [2.24, 2.45) is 0 Å². The van der Waals surface area contributed by atoms with Crippen molar-refractivity contribution in [3.05, 3.63) is 11.7 Å². The number of allylic oxidation sites excluding steroid dienone is 2. The molecule has 0 radical (unpaired) electrons. The van der Waals surface area contributed by atoms with Gasteiger partial charge in [0.15, 0.2) is 0 Å². The van der Waals surface area contributed by atoms with E-state index in [0.717, 1.165) is 6.92 Å². The van der Waals surface area contributed by atoms with Crippen molar-refractivity contribution in [3.8, 4) is 0 Å². The van der Waals surface area contributed by atoms with Crippen LogP contribution in [0.25, 0.3) is 0 Å². The van der Waals surface area contributed by atoms with E-state index in [1.807, 2.05) is 0 Å². The summed E-state index contributed by atoms with van der Waals surface area (Å²) in [6, 6.07) is 0. The molecule has 0 atom stereocenters. The summed E-state index contributed by atoms with van der Waals surface area (Å²) < 4.78 is 57.1. The van der Waals surface area contributed by atoms with Gasteiger partial charge in [0.05, 0.1) is 0 Å². The molecular formula is C5H5F5. The van der Waals surface area contributed by atoms with Gasteiger partial charge in [0.25, 0.3) is 0 Å². The van der Waals surface area contributed by atoms with Gasteiger partial charge >= 0.3 is 6.18 Å². The first kappa shape index (κ1) is 9.39. The number of alkyl halides is 3. The fourth-order valence-corrected chi connectivity index (χ4v) is 0.309. The third-order valence-electron chi connectivity index (χ3n) is 0.797. The molecule has 0 amide bonds. The average molecular weight is 160 g/mol. The van der Waals surface area contributed by atoms with E-state index in [4.69, 9.17) is 0 Å². The van der Waals surface area contributed by atoms with Crippen LogP contribution in [0.3, 0.4) is 0 Å². The molecule has 0 heterocycles. The van der Waals surface area contributed by atoms with E-state index in [1.54, 1.807) is 0 Å². The van der Waals surface area contributed by atoms with Gasteiger partial charge in [-0.3, -0.25) is 0 Å². The molecular weight excluding hydrogens is 155 g/mol. The largest absolute Gasteiger partial charge is 0.445 e. The van der Waals surface area contributed by atoms with Crippen molar-refractivity contribution in [1.82, 2.24) is 0 Å². The molecule has 0 N–H and O–H groups in total. The minimum atomic E-state index is -5.18. The van der Waals surface area contributed by atoms with Gasteiger partial charge < -0.3 is 0 Å². The minimum absolute atomic E-state index is 0.578. The Morgan fingerprint density at radius 1 is 1.20 bits per heavy atom. The highest BCUT2D eigenvalue weighted by atomic mass is 19.4. The Morgan fingerprint density at radius 3 is 1.70 bits per heavy atom. The van der Waals surface area contributed by atoms with E-state index in [1.165, 1.54) is 0 Å². The van der Waals surface area contributed by atoms with Gasteiger partial charge in [0, 0.05) is 0 Å². The maximum atomic E-state index is 11.8. The van der Waals surface area contributed by atoms with Gasteiger partial charge in [-0.25, -0.2) is 4.39 Å². The molecule has 0 aromatic carbocycles. The molecule has 0 aromatic heterocycles. The van der Waals surface area contributed by atoms with Crippen LogP contribution in [0.1, 0.15) is 13.3 Å². The van der Waals surface area contributed by atoms with E-state index < -0.39 is 24.3 Å². The van der Waals surface area contributed by atoms with Crippen LogP contribution in [0.5, 0.6) is 0 Å². The number of hydrogen-bond donors (Lipinski definition) is 0. The highest BCUT2D eigenvalue weighted by Gasteiger charge is 2.37. The lowest BCUT2D eigenvalue weighted by molar-refractivity contribution is -0.111. The minimum Gasteiger partial charge on any atom is -0.209 e. The predicted octanol–water partition coefficient (Wildman–Crippen LogP) is 3.11. The Morgan fingerprint density at radius 2 is 1.60 bits per heavy atom. The third kappa shape index (κ3) is 2.33. The van der Waals surface area contributed by atoms with Crippen LogP contribution in [0.4, 0.5) is 22.0 Å². The SMILES string of the molecule is CC/C(F)=C(\F)C(F)(F)F. The summed E-state index contributed by atoms with van der Waals surface area (Å²) in [5.41, 5.74) is 0. The number of halogens is 5. The maximum absolute atomic E-state index is 11.8. The molecule has 0 bridgehead atoms. The molecule has 0 aliphatic rings. The normalized spacial score (nSPS) is 15.0. The van der Waals surface area contributed by atoms with Gasteiger partial charge in [-0.1, -0.05) is 6.92 Å². The monoisotopic (exact) mass is 160 g/mol. The molecule has 60 valence electrons. The predicted molar refractivity (Wildman–Crippen MR) is 25.6 cm³/mol. The van der Waals surface area contributed by atoms with Crippen LogP contribution in [0, 0.1) is 0 Å². The van der Waals surface area contributed by atoms with Gasteiger partial charge in [-0.15, -0.1) is 0 Å². The Labute approximate surface area is 54.3 Å². The Balaban J connectivity index is 4.47. The molecule has 10 heavy (non-hydrogen) atoms. The van der Waals surface area contributed by atoms with E-state index in [0.29, 0.717) is 0 Å². The third-order valence-corrected chi connectivity index (χ3v) is 0.797. The summed E-state index contributed by atoms with van der Waals surface area (Å²) in [6.07, 6.45) is -5.76. The lowest BCUT2D eigenvalue weighted by Gasteiger charge is -2.02. The van der Waals surface area contributed by atoms with Crippen LogP contribution in [0.2, 0.25) is 0 Å². The van der Waals surface area contributed by atoms with E-state index >= 15 is 0 Å². The second-order valence-electron chi connectivity index (χ2n) is 1.57. The van der Waals surface area contributed by atoms with Crippen molar-refractivity contribution < 1.29 is 22.0 Å². The second kappa shape index (κ2) is 2.98. The zero-order valence-electron chi connectivity index (χ0n) is 5.10. The van der Waals surface area contributed by atoms with Crippen LogP contribution < -0.4 is 0 Å². The first-order chi connectivity index (χ1) is 4.39. The lowest BCUT2D eigenvalue weighted by atomic mass is 10.3. The van der Waals surface area contributed by atoms with Crippen molar-refractivity contribution in [2.75, 3.05) is 0 Å². The fraction of sp³-hybridized carbons (Fsp3) is 0.600. The van der Waals surface area contributed by atoms with Crippen LogP contribution in [0.15, 0.2) is 11.7 Å². The smallest absolute Gasteiger partial charge is 0.209 e. The summed E-state index contributed by atoms with van der Waals surface area (Å²) in [5, 5.41) is 0. The summed E-state index contributed by atoms with van der Waals surface area (Å²) in [6.45, 7) is 1.10. The molecule has 0 rings (SSSR count). The van der Waals surface area contributed by atoms with E-state index in [2.05, 4.69) is 0 Å². The van der Waals surface area contributed by atoms with Gasteiger partial charge in [-0.2, -0.15) is 17.6 Å². The zero-order valence-corrected chi connectivity index (χ0v) is 5.10. The van der Waals surface area contributed by atoms with E-state index in [9.17, 15) is 22.0 Å². The molecule has 0 fully saturated rings. The molecule has 5 heteroatoms. The summed E-state index contributed by atoms with van der Waals surface area (Å²) >= 11 is 0. The topological polar surface area (TPSA) is 0 Å². The second-order valence-corrected chi connectivity index (χ2v) is 1.57. The van der Waals surface area contributed by atoms with Crippen LogP contribution in [-0.4, -0.2) is 6.18 Å².